The van der Waals surface area contributed by atoms with Gasteiger partial charge in [-0.25, -0.2) is 0 Å². The van der Waals surface area contributed by atoms with E-state index in [1.54, 1.807) is 48.5 Å². The first-order valence-electron chi connectivity index (χ1n) is 9.27. The summed E-state index contributed by atoms with van der Waals surface area (Å²) in [5.41, 5.74) is 1.29. The number of carbonyl (C=O) groups is 2. The van der Waals surface area contributed by atoms with E-state index in [1.165, 1.54) is 0 Å². The Kier molecular flexibility index (Phi) is 6.90. The molecule has 0 aromatic heterocycles. The lowest BCUT2D eigenvalue weighted by molar-refractivity contribution is -0.116. The maximum absolute atomic E-state index is 12.5. The van der Waals surface area contributed by atoms with Crippen LogP contribution >= 0.6 is 11.6 Å². The zero-order valence-electron chi connectivity index (χ0n) is 15.9. The molecule has 7 heteroatoms. The fourth-order valence-electron chi connectivity index (χ4n) is 2.90. The molecule has 1 saturated heterocycles. The largest absolute Gasteiger partial charge is 0.493 e. The van der Waals surface area contributed by atoms with E-state index >= 15 is 0 Å². The van der Waals surface area contributed by atoms with E-state index in [0.717, 1.165) is 26.2 Å². The van der Waals surface area contributed by atoms with Crippen LogP contribution in [0.15, 0.2) is 48.5 Å². The van der Waals surface area contributed by atoms with E-state index in [0.29, 0.717) is 22.0 Å². The van der Waals surface area contributed by atoms with E-state index in [-0.39, 0.29) is 24.8 Å². The van der Waals surface area contributed by atoms with E-state index < -0.39 is 0 Å². The Bertz CT molecular complexity index is 801. The van der Waals surface area contributed by atoms with Gasteiger partial charge in [-0.2, -0.15) is 0 Å². The summed E-state index contributed by atoms with van der Waals surface area (Å²) in [6, 6.07) is 14.0. The second-order valence-electron chi connectivity index (χ2n) is 6.77. The van der Waals surface area contributed by atoms with Gasteiger partial charge in [0, 0.05) is 42.5 Å². The van der Waals surface area contributed by atoms with Crippen LogP contribution in [0.4, 0.5) is 5.69 Å². The second-order valence-corrected chi connectivity index (χ2v) is 7.21. The van der Waals surface area contributed by atoms with Gasteiger partial charge in [0.15, 0.2) is 0 Å². The number of nitrogens with one attached hydrogen (secondary N) is 1. The van der Waals surface area contributed by atoms with Crippen LogP contribution in [0.3, 0.4) is 0 Å². The van der Waals surface area contributed by atoms with Crippen molar-refractivity contribution in [1.29, 1.82) is 0 Å². The highest BCUT2D eigenvalue weighted by molar-refractivity contribution is 6.30. The van der Waals surface area contributed by atoms with Gasteiger partial charge in [-0.3, -0.25) is 9.59 Å². The number of likely N-dealkylation sites (N-methyl/N-ethyl adjacent to an activating group) is 1. The molecule has 0 bridgehead atoms. The summed E-state index contributed by atoms with van der Waals surface area (Å²) in [4.78, 5) is 28.7. The predicted molar refractivity (Wildman–Crippen MR) is 110 cm³/mol. The highest BCUT2D eigenvalue weighted by Gasteiger charge is 2.20. The molecule has 0 aliphatic carbocycles. The monoisotopic (exact) mass is 401 g/mol. The SMILES string of the molecule is CN1CCN(C(=O)c2ccc(NC(=O)CCOc3ccc(Cl)cc3)cc2)CC1. The highest BCUT2D eigenvalue weighted by atomic mass is 35.5. The number of hydrogen-bond acceptors (Lipinski definition) is 4. The van der Waals surface area contributed by atoms with Crippen molar-refractivity contribution in [2.75, 3.05) is 45.2 Å². The molecular formula is C21H24ClN3O3. The van der Waals surface area contributed by atoms with E-state index in [9.17, 15) is 9.59 Å². The Morgan fingerprint density at radius 1 is 1.00 bits per heavy atom. The van der Waals surface area contributed by atoms with Crippen molar-refractivity contribution in [2.24, 2.45) is 0 Å². The first-order chi connectivity index (χ1) is 13.5. The zero-order chi connectivity index (χ0) is 19.9. The summed E-state index contributed by atoms with van der Waals surface area (Å²) < 4.78 is 5.52. The Hall–Kier alpha value is -2.57. The average Bonchev–Trinajstić information content (AvgIpc) is 2.70. The van der Waals surface area contributed by atoms with Gasteiger partial charge in [0.05, 0.1) is 13.0 Å². The van der Waals surface area contributed by atoms with E-state index in [1.807, 2.05) is 4.90 Å². The lowest BCUT2D eigenvalue weighted by Gasteiger charge is -2.32. The minimum absolute atomic E-state index is 0.0299. The summed E-state index contributed by atoms with van der Waals surface area (Å²) in [5.74, 6) is 0.554. The van der Waals surface area contributed by atoms with Crippen LogP contribution in [0.5, 0.6) is 5.75 Å². The topological polar surface area (TPSA) is 61.9 Å². The lowest BCUT2D eigenvalue weighted by atomic mass is 10.1. The number of hydrogen-bond donors (Lipinski definition) is 1. The zero-order valence-corrected chi connectivity index (χ0v) is 16.6. The first-order valence-corrected chi connectivity index (χ1v) is 9.65. The molecule has 3 rings (SSSR count). The van der Waals surface area contributed by atoms with Crippen LogP contribution in [0.25, 0.3) is 0 Å². The molecule has 0 saturated carbocycles. The molecule has 0 atom stereocenters. The van der Waals surface area contributed by atoms with Gasteiger partial charge < -0.3 is 19.9 Å². The number of ether oxygens (including phenoxy) is 1. The molecule has 0 radical (unpaired) electrons. The van der Waals surface area contributed by atoms with Crippen LogP contribution in [0, 0.1) is 0 Å². The maximum Gasteiger partial charge on any atom is 0.253 e. The Labute approximate surface area is 170 Å². The highest BCUT2D eigenvalue weighted by Crippen LogP contribution is 2.16. The minimum Gasteiger partial charge on any atom is -0.493 e. The van der Waals surface area contributed by atoms with Crippen LogP contribution in [-0.4, -0.2) is 61.4 Å². The summed E-state index contributed by atoms with van der Waals surface area (Å²) >= 11 is 5.82. The number of piperazine rings is 1. The minimum atomic E-state index is -0.146. The molecule has 2 amide bonds. The van der Waals surface area contributed by atoms with Gasteiger partial charge in [-0.05, 0) is 55.6 Å². The van der Waals surface area contributed by atoms with Crippen LogP contribution in [-0.2, 0) is 4.79 Å². The van der Waals surface area contributed by atoms with E-state index in [2.05, 4.69) is 17.3 Å². The molecular weight excluding hydrogens is 378 g/mol. The Morgan fingerprint density at radius 3 is 2.29 bits per heavy atom. The molecule has 0 unspecified atom stereocenters. The van der Waals surface area contributed by atoms with Crippen molar-refractivity contribution in [2.45, 2.75) is 6.42 Å². The number of nitrogens with zero attached hydrogens (tertiary/aromatic N) is 2. The average molecular weight is 402 g/mol. The van der Waals surface area contributed by atoms with Gasteiger partial charge >= 0.3 is 0 Å². The van der Waals surface area contributed by atoms with Crippen molar-refractivity contribution in [3.05, 3.63) is 59.1 Å². The van der Waals surface area contributed by atoms with Gasteiger partial charge in [0.25, 0.3) is 5.91 Å². The smallest absolute Gasteiger partial charge is 0.253 e. The first kappa shape index (κ1) is 20.2. The molecule has 1 aliphatic heterocycles. The van der Waals surface area contributed by atoms with Crippen molar-refractivity contribution in [3.8, 4) is 5.75 Å². The molecule has 0 spiro atoms. The third-order valence-corrected chi connectivity index (χ3v) is 4.87. The maximum atomic E-state index is 12.5. The predicted octanol–water partition coefficient (Wildman–Crippen LogP) is 3.14. The summed E-state index contributed by atoms with van der Waals surface area (Å²) in [7, 11) is 2.06. The van der Waals surface area contributed by atoms with E-state index in [4.69, 9.17) is 16.3 Å². The number of carbonyl (C=O) groups excluding carboxylic acids is 2. The van der Waals surface area contributed by atoms with Gasteiger partial charge in [-0.15, -0.1) is 0 Å². The van der Waals surface area contributed by atoms with Gasteiger partial charge in [0.1, 0.15) is 5.75 Å². The summed E-state index contributed by atoms with van der Waals surface area (Å²) in [6.45, 7) is 3.52. The van der Waals surface area contributed by atoms with Crippen molar-refractivity contribution < 1.29 is 14.3 Å². The molecule has 148 valence electrons. The standard InChI is InChI=1S/C21H24ClN3O3/c1-24-11-13-25(14-12-24)21(27)16-2-6-18(7-3-16)23-20(26)10-15-28-19-8-4-17(22)5-9-19/h2-9H,10-15H2,1H3,(H,23,26). The molecule has 1 fully saturated rings. The van der Waals surface area contributed by atoms with Gasteiger partial charge in [-0.1, -0.05) is 11.6 Å². The van der Waals surface area contributed by atoms with Crippen molar-refractivity contribution in [1.82, 2.24) is 9.80 Å². The third kappa shape index (κ3) is 5.71. The number of benzene rings is 2. The number of halogens is 1. The third-order valence-electron chi connectivity index (χ3n) is 4.62. The lowest BCUT2D eigenvalue weighted by Crippen LogP contribution is -2.47. The number of anilines is 1. The fraction of sp³-hybridized carbons (Fsp3) is 0.333. The summed E-state index contributed by atoms with van der Waals surface area (Å²) in [5, 5.41) is 3.46. The Morgan fingerprint density at radius 2 is 1.64 bits per heavy atom. The molecule has 1 aliphatic rings. The molecule has 2 aromatic carbocycles. The molecule has 6 nitrogen and oxygen atoms in total. The van der Waals surface area contributed by atoms with Crippen molar-refractivity contribution >= 4 is 29.1 Å². The molecule has 1 heterocycles. The quantitative estimate of drug-likeness (QED) is 0.807. The summed E-state index contributed by atoms with van der Waals surface area (Å²) in [6.07, 6.45) is 0.227. The number of amides is 2. The Balaban J connectivity index is 1.45. The van der Waals surface area contributed by atoms with Gasteiger partial charge in [0.2, 0.25) is 5.91 Å². The molecule has 1 N–H and O–H groups in total. The second kappa shape index (κ2) is 9.57. The molecule has 2 aromatic rings. The number of rotatable bonds is 6. The normalized spacial score (nSPS) is 14.6. The van der Waals surface area contributed by atoms with Crippen LogP contribution in [0.2, 0.25) is 5.02 Å². The van der Waals surface area contributed by atoms with Crippen molar-refractivity contribution in [3.63, 3.8) is 0 Å². The fourth-order valence-corrected chi connectivity index (χ4v) is 3.03. The van der Waals surface area contributed by atoms with Crippen LogP contribution in [0.1, 0.15) is 16.8 Å². The van der Waals surface area contributed by atoms with Crippen LogP contribution < -0.4 is 10.1 Å². The molecule has 28 heavy (non-hydrogen) atoms.